The normalized spacial score (nSPS) is 12.2. The van der Waals surface area contributed by atoms with Gasteiger partial charge >= 0.3 is 0 Å². The molecule has 0 radical (unpaired) electrons. The van der Waals surface area contributed by atoms with Gasteiger partial charge < -0.3 is 9.47 Å². The molecule has 5 heteroatoms. The van der Waals surface area contributed by atoms with Crippen molar-refractivity contribution in [1.82, 2.24) is 19.5 Å². The molecule has 0 aliphatic carbocycles. The lowest BCUT2D eigenvalue weighted by Crippen LogP contribution is -2.17. The quantitative estimate of drug-likeness (QED) is 0.174. The molecule has 0 spiro atoms. The maximum Gasteiger partial charge on any atom is 0.166 e. The summed E-state index contributed by atoms with van der Waals surface area (Å²) in [5.74, 6) is 1.83. The summed E-state index contributed by atoms with van der Waals surface area (Å²) in [7, 11) is 0. The molecule has 288 valence electrons. The van der Waals surface area contributed by atoms with Crippen LogP contribution in [0.15, 0.2) is 212 Å². The molecule has 0 atom stereocenters. The highest BCUT2D eigenvalue weighted by Crippen LogP contribution is 2.55. The van der Waals surface area contributed by atoms with Gasteiger partial charge in [0.1, 0.15) is 0 Å². The van der Waals surface area contributed by atoms with E-state index in [-0.39, 0.29) is 0 Å². The molecule has 0 unspecified atom stereocenters. The highest BCUT2D eigenvalue weighted by molar-refractivity contribution is 6.20. The smallest absolute Gasteiger partial charge is 0.166 e. The second kappa shape index (κ2) is 13.6. The van der Waals surface area contributed by atoms with Crippen molar-refractivity contribution in [2.75, 3.05) is 4.90 Å². The number of hydrogen-bond acceptors (Lipinski definition) is 4. The predicted octanol–water partition coefficient (Wildman–Crippen LogP) is 14.9. The fourth-order valence-corrected chi connectivity index (χ4v) is 9.80. The fraction of sp³-hybridized carbons (Fsp3) is 0. The lowest BCUT2D eigenvalue weighted by molar-refractivity contribution is 1.07. The Morgan fingerprint density at radius 3 is 1.77 bits per heavy atom. The first-order valence-corrected chi connectivity index (χ1v) is 21.0. The number of rotatable bonds is 5. The minimum atomic E-state index is 0.608. The molecule has 13 rings (SSSR count). The maximum atomic E-state index is 5.52. The second-order valence-electron chi connectivity index (χ2n) is 16.0. The molecule has 62 heavy (non-hydrogen) atoms. The number of hydrogen-bond donors (Lipinski definition) is 0. The van der Waals surface area contributed by atoms with Crippen molar-refractivity contribution < 1.29 is 0 Å². The minimum Gasteiger partial charge on any atom is -0.309 e. The van der Waals surface area contributed by atoms with Gasteiger partial charge in [0.15, 0.2) is 17.5 Å². The lowest BCUT2D eigenvalue weighted by atomic mass is 9.88. The van der Waals surface area contributed by atoms with Gasteiger partial charge in [0.25, 0.3) is 0 Å². The van der Waals surface area contributed by atoms with E-state index >= 15 is 0 Å². The van der Waals surface area contributed by atoms with Crippen LogP contribution in [0.5, 0.6) is 0 Å². The molecular formula is C57H35N5. The first-order valence-electron chi connectivity index (χ1n) is 21.0. The molecule has 0 bridgehead atoms. The zero-order valence-electron chi connectivity index (χ0n) is 33.4. The summed E-state index contributed by atoms with van der Waals surface area (Å²) in [4.78, 5) is 18.7. The van der Waals surface area contributed by atoms with Gasteiger partial charge in [-0.15, -0.1) is 0 Å². The van der Waals surface area contributed by atoms with E-state index in [2.05, 4.69) is 204 Å². The molecule has 0 fully saturated rings. The Hall–Kier alpha value is -8.41. The Morgan fingerprint density at radius 2 is 0.952 bits per heavy atom. The molecule has 0 saturated carbocycles. The number of benzene rings is 10. The summed E-state index contributed by atoms with van der Waals surface area (Å²) in [6, 6.07) is 75.7. The van der Waals surface area contributed by atoms with Crippen LogP contribution < -0.4 is 4.90 Å². The van der Waals surface area contributed by atoms with Crippen molar-refractivity contribution in [1.29, 1.82) is 0 Å². The van der Waals surface area contributed by atoms with Crippen molar-refractivity contribution in [3.8, 4) is 51.0 Å². The number of anilines is 3. The topological polar surface area (TPSA) is 46.8 Å². The summed E-state index contributed by atoms with van der Waals surface area (Å²) in [6.45, 7) is 0. The third-order valence-electron chi connectivity index (χ3n) is 12.5. The van der Waals surface area contributed by atoms with Crippen molar-refractivity contribution in [2.45, 2.75) is 0 Å². The van der Waals surface area contributed by atoms with Crippen LogP contribution in [0.4, 0.5) is 17.1 Å². The molecule has 3 heterocycles. The number of para-hydroxylation sites is 2. The fourth-order valence-electron chi connectivity index (χ4n) is 9.80. The van der Waals surface area contributed by atoms with Crippen molar-refractivity contribution >= 4 is 71.2 Å². The van der Waals surface area contributed by atoms with Crippen molar-refractivity contribution in [3.63, 3.8) is 0 Å². The van der Waals surface area contributed by atoms with E-state index < -0.39 is 0 Å². The Morgan fingerprint density at radius 1 is 0.339 bits per heavy atom. The van der Waals surface area contributed by atoms with Crippen LogP contribution in [0.2, 0.25) is 0 Å². The highest BCUT2D eigenvalue weighted by atomic mass is 15.2. The van der Waals surface area contributed by atoms with E-state index in [1.165, 1.54) is 43.4 Å². The third-order valence-corrected chi connectivity index (χ3v) is 12.5. The van der Waals surface area contributed by atoms with Crippen molar-refractivity contribution in [2.24, 2.45) is 0 Å². The van der Waals surface area contributed by atoms with Gasteiger partial charge in [-0.05, 0) is 63.5 Å². The Bertz CT molecular complexity index is 3750. The Kier molecular flexibility index (Phi) is 7.54. The van der Waals surface area contributed by atoms with Gasteiger partial charge in [-0.1, -0.05) is 176 Å². The lowest BCUT2D eigenvalue weighted by Gasteiger charge is -2.35. The van der Waals surface area contributed by atoms with Gasteiger partial charge in [-0.3, -0.25) is 0 Å². The van der Waals surface area contributed by atoms with Crippen LogP contribution in [-0.4, -0.2) is 19.5 Å². The second-order valence-corrected chi connectivity index (χ2v) is 16.0. The monoisotopic (exact) mass is 789 g/mol. The standard InChI is InChI=1S/C57H35N5/c1-3-17-39(18-4-1)55-58-56(40-30-32-45-44-25-11-12-27-48(44)61(51(45)35-40)41-21-5-2-6-22-41)60-57(59-55)53-42-23-9-7-15-36(42)31-34-50(53)62-49-28-14-20-38-19-13-26-46(52(38)49)47-33-29-37-16-8-10-24-43(37)54(47)62/h1-35H. The summed E-state index contributed by atoms with van der Waals surface area (Å²) in [6.07, 6.45) is 0. The number of nitrogens with zero attached hydrogens (tertiary/aromatic N) is 5. The first kappa shape index (κ1) is 34.5. The van der Waals surface area contributed by atoms with Gasteiger partial charge in [0, 0.05) is 43.9 Å². The molecule has 0 N–H and O–H groups in total. The summed E-state index contributed by atoms with van der Waals surface area (Å²) >= 11 is 0. The molecule has 1 aliphatic rings. The van der Waals surface area contributed by atoms with E-state index in [4.69, 9.17) is 15.0 Å². The molecule has 10 aromatic carbocycles. The largest absolute Gasteiger partial charge is 0.309 e. The van der Waals surface area contributed by atoms with Gasteiger partial charge in [0.2, 0.25) is 0 Å². The molecule has 1 aliphatic heterocycles. The van der Waals surface area contributed by atoms with Crippen LogP contribution in [0.1, 0.15) is 0 Å². The van der Waals surface area contributed by atoms with Crippen LogP contribution in [0.25, 0.3) is 105 Å². The van der Waals surface area contributed by atoms with Crippen LogP contribution >= 0.6 is 0 Å². The third kappa shape index (κ3) is 5.18. The van der Waals surface area contributed by atoms with Gasteiger partial charge in [-0.2, -0.15) is 0 Å². The van der Waals surface area contributed by atoms with Crippen LogP contribution in [0.3, 0.4) is 0 Å². The average molecular weight is 790 g/mol. The molecule has 2 aromatic heterocycles. The van der Waals surface area contributed by atoms with E-state index in [0.29, 0.717) is 17.5 Å². The summed E-state index contributed by atoms with van der Waals surface area (Å²) in [5, 5.41) is 9.33. The first-order chi connectivity index (χ1) is 30.8. The molecule has 0 amide bonds. The van der Waals surface area contributed by atoms with E-state index in [1.807, 2.05) is 18.2 Å². The predicted molar refractivity (Wildman–Crippen MR) is 257 cm³/mol. The number of fused-ring (bicyclic) bond motifs is 8. The number of aromatic nitrogens is 4. The van der Waals surface area contributed by atoms with Gasteiger partial charge in [0.05, 0.1) is 33.7 Å². The summed E-state index contributed by atoms with van der Waals surface area (Å²) in [5.41, 5.74) is 11.8. The van der Waals surface area contributed by atoms with E-state index in [0.717, 1.165) is 61.2 Å². The van der Waals surface area contributed by atoms with Crippen LogP contribution in [0, 0.1) is 0 Å². The summed E-state index contributed by atoms with van der Waals surface area (Å²) < 4.78 is 2.34. The molecule has 12 aromatic rings. The Balaban J connectivity index is 1.12. The zero-order chi connectivity index (χ0) is 40.7. The van der Waals surface area contributed by atoms with E-state index in [9.17, 15) is 0 Å². The maximum absolute atomic E-state index is 5.52. The zero-order valence-corrected chi connectivity index (χ0v) is 33.4. The SMILES string of the molecule is c1ccc(-c2nc(-c3ccc4c5ccccc5n(-c5ccccc5)c4c3)nc(-c3c(N4c5c(ccc6ccccc56)-c5cccc6cccc4c56)ccc4ccccc34)n2)cc1. The molecule has 5 nitrogen and oxygen atoms in total. The molecular weight excluding hydrogens is 755 g/mol. The van der Waals surface area contributed by atoms with Crippen LogP contribution in [-0.2, 0) is 0 Å². The van der Waals surface area contributed by atoms with Crippen molar-refractivity contribution in [3.05, 3.63) is 212 Å². The van der Waals surface area contributed by atoms with E-state index in [1.54, 1.807) is 0 Å². The molecule has 0 saturated heterocycles. The minimum absolute atomic E-state index is 0.608. The van der Waals surface area contributed by atoms with Gasteiger partial charge in [-0.25, -0.2) is 15.0 Å². The average Bonchev–Trinajstić information content (AvgIpc) is 3.68. The highest BCUT2D eigenvalue weighted by Gasteiger charge is 2.31. The Labute approximate surface area is 357 Å².